The molecule has 1 aliphatic rings. The molecule has 0 saturated heterocycles. The Morgan fingerprint density at radius 1 is 1.36 bits per heavy atom. The Morgan fingerprint density at radius 3 is 2.36 bits per heavy atom. The minimum Gasteiger partial charge on any atom is -0.321 e. The van der Waals surface area contributed by atoms with Gasteiger partial charge < -0.3 is 5.32 Å². The first kappa shape index (κ1) is 8.25. The molecule has 1 saturated carbocycles. The van der Waals surface area contributed by atoms with Crippen LogP contribution in [0.1, 0.15) is 25.7 Å². The Morgan fingerprint density at radius 2 is 1.91 bits per heavy atom. The SMILES string of the molecule is N#CNC1CCC(F)(F)CC1. The van der Waals surface area contributed by atoms with Crippen molar-refractivity contribution >= 4 is 0 Å². The van der Waals surface area contributed by atoms with Gasteiger partial charge in [0.15, 0.2) is 6.19 Å². The average Bonchev–Trinajstić information content (AvgIpc) is 1.94. The Labute approximate surface area is 64.2 Å². The third kappa shape index (κ3) is 2.34. The van der Waals surface area contributed by atoms with Crippen molar-refractivity contribution in [3.05, 3.63) is 0 Å². The van der Waals surface area contributed by atoms with Gasteiger partial charge in [-0.3, -0.25) is 0 Å². The third-order valence-electron chi connectivity index (χ3n) is 1.99. The fourth-order valence-electron chi connectivity index (χ4n) is 1.28. The average molecular weight is 160 g/mol. The molecule has 0 amide bonds. The summed E-state index contributed by atoms with van der Waals surface area (Å²) >= 11 is 0. The monoisotopic (exact) mass is 160 g/mol. The van der Waals surface area contributed by atoms with E-state index >= 15 is 0 Å². The number of nitrogens with zero attached hydrogens (tertiary/aromatic N) is 1. The van der Waals surface area contributed by atoms with Crippen molar-refractivity contribution in [3.8, 4) is 6.19 Å². The molecule has 0 bridgehead atoms. The van der Waals surface area contributed by atoms with Crippen LogP contribution in [0.3, 0.4) is 0 Å². The summed E-state index contributed by atoms with van der Waals surface area (Å²) in [4.78, 5) is 0. The summed E-state index contributed by atoms with van der Waals surface area (Å²) in [5.74, 6) is -2.49. The van der Waals surface area contributed by atoms with Crippen molar-refractivity contribution in [1.29, 1.82) is 5.26 Å². The Balaban J connectivity index is 2.32. The van der Waals surface area contributed by atoms with E-state index in [1.54, 1.807) is 6.19 Å². The highest BCUT2D eigenvalue weighted by molar-refractivity contribution is 4.85. The quantitative estimate of drug-likeness (QED) is 0.467. The van der Waals surface area contributed by atoms with Gasteiger partial charge >= 0.3 is 0 Å². The topological polar surface area (TPSA) is 35.8 Å². The van der Waals surface area contributed by atoms with Gasteiger partial charge in [-0.05, 0) is 12.8 Å². The third-order valence-corrected chi connectivity index (χ3v) is 1.99. The standard InChI is InChI=1S/C7H10F2N2/c8-7(9)3-1-6(2-4-7)11-5-10/h6,11H,1-4H2. The molecular formula is C7H10F2N2. The van der Waals surface area contributed by atoms with Crippen LogP contribution in [0.2, 0.25) is 0 Å². The molecule has 2 nitrogen and oxygen atoms in total. The van der Waals surface area contributed by atoms with Crippen LogP contribution < -0.4 is 5.32 Å². The van der Waals surface area contributed by atoms with Gasteiger partial charge in [0, 0.05) is 18.9 Å². The second kappa shape index (κ2) is 3.04. The molecule has 4 heteroatoms. The first-order valence-electron chi connectivity index (χ1n) is 3.66. The van der Waals surface area contributed by atoms with Crippen LogP contribution in [0.4, 0.5) is 8.78 Å². The van der Waals surface area contributed by atoms with Crippen LogP contribution in [0.15, 0.2) is 0 Å². The van der Waals surface area contributed by atoms with Gasteiger partial charge in [-0.1, -0.05) is 0 Å². The van der Waals surface area contributed by atoms with Gasteiger partial charge in [-0.15, -0.1) is 0 Å². The van der Waals surface area contributed by atoms with E-state index in [2.05, 4.69) is 5.32 Å². The molecule has 1 fully saturated rings. The number of nitrogens with one attached hydrogen (secondary N) is 1. The van der Waals surface area contributed by atoms with E-state index in [0.717, 1.165) is 0 Å². The van der Waals surface area contributed by atoms with Crippen LogP contribution >= 0.6 is 0 Å². The van der Waals surface area contributed by atoms with Crippen molar-refractivity contribution in [2.24, 2.45) is 0 Å². The van der Waals surface area contributed by atoms with Crippen LogP contribution in [0, 0.1) is 11.5 Å². The molecule has 1 aliphatic carbocycles. The van der Waals surface area contributed by atoms with Gasteiger partial charge in [-0.25, -0.2) is 8.78 Å². The number of alkyl halides is 2. The molecule has 0 heterocycles. The van der Waals surface area contributed by atoms with Crippen molar-refractivity contribution in [2.75, 3.05) is 0 Å². The first-order valence-corrected chi connectivity index (χ1v) is 3.66. The molecule has 0 radical (unpaired) electrons. The van der Waals surface area contributed by atoms with Crippen molar-refractivity contribution in [3.63, 3.8) is 0 Å². The summed E-state index contributed by atoms with van der Waals surface area (Å²) in [5.41, 5.74) is 0. The lowest BCUT2D eigenvalue weighted by Crippen LogP contribution is -2.34. The predicted molar refractivity (Wildman–Crippen MR) is 36.0 cm³/mol. The number of halogens is 2. The summed E-state index contributed by atoms with van der Waals surface area (Å²) in [5, 5.41) is 10.7. The second-order valence-electron chi connectivity index (χ2n) is 2.89. The zero-order chi connectivity index (χ0) is 8.32. The van der Waals surface area contributed by atoms with Gasteiger partial charge in [0.25, 0.3) is 0 Å². The molecule has 0 aromatic heterocycles. The normalized spacial score (nSPS) is 24.1. The summed E-state index contributed by atoms with van der Waals surface area (Å²) in [7, 11) is 0. The number of rotatable bonds is 1. The van der Waals surface area contributed by atoms with E-state index in [-0.39, 0.29) is 18.9 Å². The van der Waals surface area contributed by atoms with Crippen LogP contribution in [-0.2, 0) is 0 Å². The van der Waals surface area contributed by atoms with E-state index in [0.29, 0.717) is 12.8 Å². The number of nitriles is 1. The highest BCUT2D eigenvalue weighted by Gasteiger charge is 2.34. The first-order chi connectivity index (χ1) is 5.14. The molecule has 0 atom stereocenters. The second-order valence-corrected chi connectivity index (χ2v) is 2.89. The predicted octanol–water partition coefficient (Wildman–Crippen LogP) is 1.63. The molecule has 0 aromatic rings. The lowest BCUT2D eigenvalue weighted by Gasteiger charge is -2.26. The fraction of sp³-hybridized carbons (Fsp3) is 0.857. The van der Waals surface area contributed by atoms with E-state index in [9.17, 15) is 8.78 Å². The number of hydrogen-bond donors (Lipinski definition) is 1. The largest absolute Gasteiger partial charge is 0.321 e. The van der Waals surface area contributed by atoms with Crippen molar-refractivity contribution < 1.29 is 8.78 Å². The molecule has 1 rings (SSSR count). The fourth-order valence-corrected chi connectivity index (χ4v) is 1.28. The van der Waals surface area contributed by atoms with E-state index in [4.69, 9.17) is 5.26 Å². The van der Waals surface area contributed by atoms with Crippen molar-refractivity contribution in [2.45, 2.75) is 37.6 Å². The van der Waals surface area contributed by atoms with Crippen molar-refractivity contribution in [1.82, 2.24) is 5.32 Å². The van der Waals surface area contributed by atoms with Gasteiger partial charge in [-0.2, -0.15) is 5.26 Å². The molecule has 1 N–H and O–H groups in total. The van der Waals surface area contributed by atoms with E-state index in [1.165, 1.54) is 0 Å². The summed E-state index contributed by atoms with van der Waals surface area (Å²) in [6.07, 6.45) is 2.39. The maximum Gasteiger partial charge on any atom is 0.248 e. The highest BCUT2D eigenvalue weighted by Crippen LogP contribution is 2.32. The van der Waals surface area contributed by atoms with E-state index < -0.39 is 5.92 Å². The Kier molecular flexibility index (Phi) is 2.28. The molecule has 0 aliphatic heterocycles. The van der Waals surface area contributed by atoms with E-state index in [1.807, 2.05) is 0 Å². The van der Waals surface area contributed by atoms with Gasteiger partial charge in [0.05, 0.1) is 0 Å². The molecule has 0 spiro atoms. The lowest BCUT2D eigenvalue weighted by atomic mass is 9.92. The van der Waals surface area contributed by atoms with Gasteiger partial charge in [0.2, 0.25) is 5.92 Å². The summed E-state index contributed by atoms with van der Waals surface area (Å²) in [6, 6.07) is -0.0281. The van der Waals surface area contributed by atoms with Crippen LogP contribution in [0.5, 0.6) is 0 Å². The molecular weight excluding hydrogens is 150 g/mol. The molecule has 0 aromatic carbocycles. The molecule has 0 unspecified atom stereocenters. The zero-order valence-electron chi connectivity index (χ0n) is 6.11. The smallest absolute Gasteiger partial charge is 0.248 e. The summed E-state index contributed by atoms with van der Waals surface area (Å²) in [6.45, 7) is 0. The Hall–Kier alpha value is -0.850. The minimum atomic E-state index is -2.49. The maximum absolute atomic E-state index is 12.5. The van der Waals surface area contributed by atoms with Gasteiger partial charge in [0.1, 0.15) is 0 Å². The molecule has 62 valence electrons. The lowest BCUT2D eigenvalue weighted by molar-refractivity contribution is -0.0392. The maximum atomic E-state index is 12.5. The highest BCUT2D eigenvalue weighted by atomic mass is 19.3. The zero-order valence-corrected chi connectivity index (χ0v) is 6.11. The summed E-state index contributed by atoms with van der Waals surface area (Å²) < 4.78 is 25.0. The molecule has 11 heavy (non-hydrogen) atoms. The van der Waals surface area contributed by atoms with Crippen LogP contribution in [0.25, 0.3) is 0 Å². The number of hydrogen-bond acceptors (Lipinski definition) is 2. The Bertz CT molecular complexity index is 164. The van der Waals surface area contributed by atoms with Crippen LogP contribution in [-0.4, -0.2) is 12.0 Å². The minimum absolute atomic E-state index is 0.0281.